The molecule has 0 bridgehead atoms. The third-order valence-electron chi connectivity index (χ3n) is 5.62. The fourth-order valence-corrected chi connectivity index (χ4v) is 5.47. The van der Waals surface area contributed by atoms with E-state index in [2.05, 4.69) is 12.2 Å². The minimum Gasteiger partial charge on any atom is -0.462 e. The van der Waals surface area contributed by atoms with E-state index >= 15 is 0 Å². The van der Waals surface area contributed by atoms with Gasteiger partial charge in [-0.25, -0.2) is 4.79 Å². The largest absolute Gasteiger partial charge is 0.462 e. The number of nitrogens with one attached hydrogen (secondary N) is 1. The molecule has 1 aliphatic carbocycles. The van der Waals surface area contributed by atoms with Crippen LogP contribution in [0.5, 0.6) is 0 Å². The monoisotopic (exact) mass is 392 g/mol. The molecular weight excluding hydrogens is 364 g/mol. The SMILES string of the molecule is CCOC(=O)c1c(NC(=O)C2CCCN2C(C)=O)sc2c1CCC(CC)C2. The molecule has 1 fully saturated rings. The number of hydrogen-bond acceptors (Lipinski definition) is 5. The van der Waals surface area contributed by atoms with Crippen LogP contribution in [0.4, 0.5) is 5.00 Å². The van der Waals surface area contributed by atoms with Crippen molar-refractivity contribution in [3.63, 3.8) is 0 Å². The zero-order valence-corrected chi connectivity index (χ0v) is 17.1. The molecule has 27 heavy (non-hydrogen) atoms. The maximum absolute atomic E-state index is 12.8. The molecule has 1 saturated heterocycles. The minimum absolute atomic E-state index is 0.0884. The van der Waals surface area contributed by atoms with Crippen LogP contribution < -0.4 is 5.32 Å². The maximum atomic E-state index is 12.8. The number of carbonyl (C=O) groups is 3. The van der Waals surface area contributed by atoms with E-state index in [9.17, 15) is 14.4 Å². The average molecular weight is 393 g/mol. The van der Waals surface area contributed by atoms with Crippen molar-refractivity contribution in [2.24, 2.45) is 5.92 Å². The van der Waals surface area contributed by atoms with E-state index in [0.29, 0.717) is 36.1 Å². The Labute approximate surface area is 164 Å². The Bertz CT molecular complexity index is 743. The molecule has 0 radical (unpaired) electrons. The summed E-state index contributed by atoms with van der Waals surface area (Å²) < 4.78 is 5.26. The smallest absolute Gasteiger partial charge is 0.341 e. The molecule has 1 N–H and O–H groups in total. The molecule has 2 atom stereocenters. The number of amides is 2. The van der Waals surface area contributed by atoms with Gasteiger partial charge in [0.15, 0.2) is 0 Å². The van der Waals surface area contributed by atoms with Gasteiger partial charge >= 0.3 is 5.97 Å². The van der Waals surface area contributed by atoms with E-state index in [1.54, 1.807) is 11.8 Å². The van der Waals surface area contributed by atoms with Gasteiger partial charge in [-0.2, -0.15) is 0 Å². The van der Waals surface area contributed by atoms with Gasteiger partial charge in [0.1, 0.15) is 11.0 Å². The molecule has 1 aromatic rings. The normalized spacial score (nSPS) is 21.7. The van der Waals surface area contributed by atoms with Gasteiger partial charge in [0.25, 0.3) is 0 Å². The summed E-state index contributed by atoms with van der Waals surface area (Å²) in [7, 11) is 0. The first-order valence-electron chi connectivity index (χ1n) is 9.85. The van der Waals surface area contributed by atoms with E-state index in [1.807, 2.05) is 0 Å². The summed E-state index contributed by atoms with van der Waals surface area (Å²) in [6.07, 6.45) is 5.44. The summed E-state index contributed by atoms with van der Waals surface area (Å²) in [6.45, 7) is 6.37. The van der Waals surface area contributed by atoms with Gasteiger partial charge < -0.3 is 15.0 Å². The number of fused-ring (bicyclic) bond motifs is 1. The lowest BCUT2D eigenvalue weighted by Crippen LogP contribution is -2.42. The topological polar surface area (TPSA) is 75.7 Å². The highest BCUT2D eigenvalue weighted by atomic mass is 32.1. The van der Waals surface area contributed by atoms with Crippen LogP contribution in [0.25, 0.3) is 0 Å². The molecule has 0 aromatic carbocycles. The Morgan fingerprint density at radius 3 is 2.70 bits per heavy atom. The molecule has 148 valence electrons. The molecular formula is C20H28N2O4S. The number of anilines is 1. The fraction of sp³-hybridized carbons (Fsp3) is 0.650. The van der Waals surface area contributed by atoms with Gasteiger partial charge in [-0.1, -0.05) is 13.3 Å². The first kappa shape index (κ1) is 19.9. The van der Waals surface area contributed by atoms with Crippen molar-refractivity contribution >= 4 is 34.1 Å². The van der Waals surface area contributed by atoms with Crippen LogP contribution in [-0.2, 0) is 27.2 Å². The molecule has 2 unspecified atom stereocenters. The third kappa shape index (κ3) is 4.03. The predicted molar refractivity (Wildman–Crippen MR) is 105 cm³/mol. The zero-order chi connectivity index (χ0) is 19.6. The predicted octanol–water partition coefficient (Wildman–Crippen LogP) is 3.39. The zero-order valence-electron chi connectivity index (χ0n) is 16.3. The standard InChI is InChI=1S/C20H28N2O4S/c1-4-13-8-9-14-16(11-13)27-19(17(14)20(25)26-5-2)21-18(24)15-7-6-10-22(15)12(3)23/h13,15H,4-11H2,1-3H3,(H,21,24). The number of likely N-dealkylation sites (tertiary alicyclic amines) is 1. The molecule has 2 aliphatic rings. The number of esters is 1. The highest BCUT2D eigenvalue weighted by Crippen LogP contribution is 2.41. The lowest BCUT2D eigenvalue weighted by atomic mass is 9.85. The fourth-order valence-electron chi connectivity index (χ4n) is 4.12. The molecule has 6 nitrogen and oxygen atoms in total. The minimum atomic E-state index is -0.458. The van der Waals surface area contributed by atoms with E-state index in [-0.39, 0.29) is 17.8 Å². The lowest BCUT2D eigenvalue weighted by Gasteiger charge is -2.22. The van der Waals surface area contributed by atoms with Crippen molar-refractivity contribution < 1.29 is 19.1 Å². The third-order valence-corrected chi connectivity index (χ3v) is 6.79. The van der Waals surface area contributed by atoms with Gasteiger partial charge in [-0.05, 0) is 50.5 Å². The van der Waals surface area contributed by atoms with Crippen molar-refractivity contribution in [1.82, 2.24) is 4.90 Å². The molecule has 0 saturated carbocycles. The van der Waals surface area contributed by atoms with Gasteiger partial charge in [-0.15, -0.1) is 11.3 Å². The Balaban J connectivity index is 1.88. The number of hydrogen-bond donors (Lipinski definition) is 1. The second-order valence-corrected chi connectivity index (χ2v) is 8.41. The van der Waals surface area contributed by atoms with Crippen LogP contribution in [-0.4, -0.2) is 41.9 Å². The molecule has 1 aliphatic heterocycles. The second kappa shape index (κ2) is 8.42. The van der Waals surface area contributed by atoms with Crippen molar-refractivity contribution in [2.75, 3.05) is 18.5 Å². The summed E-state index contributed by atoms with van der Waals surface area (Å²) in [5.74, 6) is -0.0405. The highest BCUT2D eigenvalue weighted by molar-refractivity contribution is 7.17. The van der Waals surface area contributed by atoms with Gasteiger partial charge in [-0.3, -0.25) is 9.59 Å². The number of carbonyl (C=O) groups excluding carboxylic acids is 3. The van der Waals surface area contributed by atoms with Crippen LogP contribution in [0.2, 0.25) is 0 Å². The van der Waals surface area contributed by atoms with E-state index in [4.69, 9.17) is 4.74 Å². The van der Waals surface area contributed by atoms with Gasteiger partial charge in [0.2, 0.25) is 11.8 Å². The molecule has 7 heteroatoms. The van der Waals surface area contributed by atoms with Gasteiger partial charge in [0, 0.05) is 18.3 Å². The summed E-state index contributed by atoms with van der Waals surface area (Å²) in [4.78, 5) is 40.0. The first-order valence-corrected chi connectivity index (χ1v) is 10.7. The molecule has 0 spiro atoms. The summed E-state index contributed by atoms with van der Waals surface area (Å²) >= 11 is 1.50. The van der Waals surface area contributed by atoms with Crippen LogP contribution in [0.15, 0.2) is 0 Å². The van der Waals surface area contributed by atoms with Crippen LogP contribution in [0.3, 0.4) is 0 Å². The summed E-state index contributed by atoms with van der Waals surface area (Å²) in [5.41, 5.74) is 1.56. The Morgan fingerprint density at radius 2 is 2.04 bits per heavy atom. The van der Waals surface area contributed by atoms with Crippen molar-refractivity contribution in [3.05, 3.63) is 16.0 Å². The Kier molecular flexibility index (Phi) is 6.19. The van der Waals surface area contributed by atoms with Crippen LogP contribution in [0.1, 0.15) is 67.3 Å². The van der Waals surface area contributed by atoms with Crippen LogP contribution in [0, 0.1) is 5.92 Å². The van der Waals surface area contributed by atoms with E-state index in [1.165, 1.54) is 23.1 Å². The second-order valence-electron chi connectivity index (χ2n) is 7.31. The van der Waals surface area contributed by atoms with Crippen molar-refractivity contribution in [2.45, 2.75) is 65.3 Å². The van der Waals surface area contributed by atoms with Gasteiger partial charge in [0.05, 0.1) is 12.2 Å². The van der Waals surface area contributed by atoms with E-state index in [0.717, 1.165) is 37.7 Å². The van der Waals surface area contributed by atoms with Crippen molar-refractivity contribution in [3.8, 4) is 0 Å². The molecule has 2 amide bonds. The number of rotatable bonds is 5. The lowest BCUT2D eigenvalue weighted by molar-refractivity contribution is -0.134. The van der Waals surface area contributed by atoms with Crippen molar-refractivity contribution in [1.29, 1.82) is 0 Å². The highest BCUT2D eigenvalue weighted by Gasteiger charge is 2.35. The number of nitrogens with zero attached hydrogens (tertiary/aromatic N) is 1. The molecule has 3 rings (SSSR count). The average Bonchev–Trinajstić information content (AvgIpc) is 3.25. The summed E-state index contributed by atoms with van der Waals surface area (Å²) in [5, 5.41) is 3.53. The quantitative estimate of drug-likeness (QED) is 0.780. The van der Waals surface area contributed by atoms with E-state index < -0.39 is 6.04 Å². The molecule has 1 aromatic heterocycles. The summed E-state index contributed by atoms with van der Waals surface area (Å²) in [6, 6.07) is -0.458. The Morgan fingerprint density at radius 1 is 1.26 bits per heavy atom. The van der Waals surface area contributed by atoms with Crippen LogP contribution >= 0.6 is 11.3 Å². The molecule has 2 heterocycles. The number of ether oxygens (including phenoxy) is 1. The number of thiophene rings is 1. The maximum Gasteiger partial charge on any atom is 0.341 e. The first-order chi connectivity index (χ1) is 13.0. The Hall–Kier alpha value is -1.89.